The van der Waals surface area contributed by atoms with Gasteiger partial charge in [0, 0.05) is 0 Å². The summed E-state index contributed by atoms with van der Waals surface area (Å²) in [4.78, 5) is 9.81. The zero-order valence-corrected chi connectivity index (χ0v) is 5.42. The standard InChI is InChI=1S/C3H6O5S/c1-2(3(4)5)9(6,7)8/h2H,1H3,(H,4,5)(H,6,7,8)/t2-/m1/s1. The highest BCUT2D eigenvalue weighted by atomic mass is 32.2. The third kappa shape index (κ3) is 2.43. The van der Waals surface area contributed by atoms with Crippen molar-refractivity contribution < 1.29 is 22.9 Å². The first-order chi connectivity index (χ1) is 3.85. The van der Waals surface area contributed by atoms with Crippen molar-refractivity contribution >= 4 is 16.1 Å². The molecule has 0 amide bonds. The van der Waals surface area contributed by atoms with Crippen LogP contribution in [0.4, 0.5) is 0 Å². The molecule has 0 fully saturated rings. The number of hydrogen-bond donors (Lipinski definition) is 2. The van der Waals surface area contributed by atoms with Gasteiger partial charge in [-0.15, -0.1) is 0 Å². The fourth-order valence-corrected chi connectivity index (χ4v) is 0.382. The summed E-state index contributed by atoms with van der Waals surface area (Å²) >= 11 is 0. The normalized spacial score (nSPS) is 14.9. The number of rotatable bonds is 2. The Balaban J connectivity index is 4.43. The summed E-state index contributed by atoms with van der Waals surface area (Å²) in [6.07, 6.45) is 0. The van der Waals surface area contributed by atoms with Crippen molar-refractivity contribution in [3.05, 3.63) is 0 Å². The van der Waals surface area contributed by atoms with E-state index in [0.717, 1.165) is 6.92 Å². The highest BCUT2D eigenvalue weighted by Gasteiger charge is 2.24. The molecule has 0 bridgehead atoms. The van der Waals surface area contributed by atoms with E-state index in [1.54, 1.807) is 0 Å². The van der Waals surface area contributed by atoms with Crippen LogP contribution in [0.25, 0.3) is 0 Å². The second-order valence-electron chi connectivity index (χ2n) is 1.50. The topological polar surface area (TPSA) is 91.7 Å². The molecule has 0 unspecified atom stereocenters. The molecule has 0 spiro atoms. The average molecular weight is 154 g/mol. The van der Waals surface area contributed by atoms with E-state index in [0.29, 0.717) is 0 Å². The van der Waals surface area contributed by atoms with Crippen LogP contribution >= 0.6 is 0 Å². The lowest BCUT2D eigenvalue weighted by Gasteiger charge is -1.98. The van der Waals surface area contributed by atoms with Gasteiger partial charge in [0.25, 0.3) is 10.1 Å². The third-order valence-corrected chi connectivity index (χ3v) is 1.89. The predicted molar refractivity (Wildman–Crippen MR) is 28.6 cm³/mol. The van der Waals surface area contributed by atoms with Crippen molar-refractivity contribution in [2.45, 2.75) is 12.2 Å². The molecule has 0 aliphatic heterocycles. The van der Waals surface area contributed by atoms with Crippen LogP contribution in [0.1, 0.15) is 6.92 Å². The van der Waals surface area contributed by atoms with Crippen molar-refractivity contribution in [1.82, 2.24) is 0 Å². The van der Waals surface area contributed by atoms with Crippen molar-refractivity contribution in [2.75, 3.05) is 0 Å². The van der Waals surface area contributed by atoms with E-state index in [1.165, 1.54) is 0 Å². The first-order valence-corrected chi connectivity index (χ1v) is 3.55. The fourth-order valence-electron chi connectivity index (χ4n) is 0.127. The Morgan fingerprint density at radius 2 is 1.89 bits per heavy atom. The zero-order valence-electron chi connectivity index (χ0n) is 4.60. The van der Waals surface area contributed by atoms with E-state index >= 15 is 0 Å². The van der Waals surface area contributed by atoms with Crippen LogP contribution in [0, 0.1) is 0 Å². The lowest BCUT2D eigenvalue weighted by atomic mass is 10.5. The maximum Gasteiger partial charge on any atom is 0.324 e. The van der Waals surface area contributed by atoms with E-state index in [1.807, 2.05) is 0 Å². The molecular weight excluding hydrogens is 148 g/mol. The first kappa shape index (κ1) is 8.38. The van der Waals surface area contributed by atoms with Crippen molar-refractivity contribution in [1.29, 1.82) is 0 Å². The lowest BCUT2D eigenvalue weighted by molar-refractivity contribution is -0.136. The molecule has 5 nitrogen and oxygen atoms in total. The van der Waals surface area contributed by atoms with Gasteiger partial charge in [0.1, 0.15) is 0 Å². The van der Waals surface area contributed by atoms with Gasteiger partial charge in [-0.2, -0.15) is 8.42 Å². The molecule has 0 aromatic rings. The minimum atomic E-state index is -4.40. The van der Waals surface area contributed by atoms with Crippen molar-refractivity contribution in [3.63, 3.8) is 0 Å². The van der Waals surface area contributed by atoms with Crippen LogP contribution in [-0.4, -0.2) is 29.3 Å². The largest absolute Gasteiger partial charge is 0.480 e. The fraction of sp³-hybridized carbons (Fsp3) is 0.667. The van der Waals surface area contributed by atoms with Gasteiger partial charge in [-0.3, -0.25) is 9.35 Å². The quantitative estimate of drug-likeness (QED) is 0.515. The predicted octanol–water partition coefficient (Wildman–Crippen LogP) is -0.653. The van der Waals surface area contributed by atoms with Gasteiger partial charge in [-0.25, -0.2) is 0 Å². The average Bonchev–Trinajstić information content (AvgIpc) is 1.62. The van der Waals surface area contributed by atoms with E-state index < -0.39 is 21.3 Å². The van der Waals surface area contributed by atoms with Gasteiger partial charge in [0.15, 0.2) is 5.25 Å². The molecule has 0 saturated carbocycles. The minimum absolute atomic E-state index is 0.887. The molecule has 0 rings (SSSR count). The summed E-state index contributed by atoms with van der Waals surface area (Å²) in [6.45, 7) is 0.887. The third-order valence-electron chi connectivity index (χ3n) is 0.795. The second kappa shape index (κ2) is 2.32. The molecule has 54 valence electrons. The Morgan fingerprint density at radius 1 is 1.56 bits per heavy atom. The monoisotopic (exact) mass is 154 g/mol. The molecule has 6 heteroatoms. The van der Waals surface area contributed by atoms with E-state index in [-0.39, 0.29) is 0 Å². The molecular formula is C3H6O5S. The molecule has 0 radical (unpaired) electrons. The summed E-state index contributed by atoms with van der Waals surface area (Å²) in [5.74, 6) is -1.56. The molecule has 0 heterocycles. The van der Waals surface area contributed by atoms with E-state index in [9.17, 15) is 13.2 Å². The highest BCUT2D eigenvalue weighted by Crippen LogP contribution is 1.95. The smallest absolute Gasteiger partial charge is 0.324 e. The van der Waals surface area contributed by atoms with Crippen molar-refractivity contribution in [2.24, 2.45) is 0 Å². The van der Waals surface area contributed by atoms with Crippen molar-refractivity contribution in [3.8, 4) is 0 Å². The number of carbonyl (C=O) groups is 1. The molecule has 0 saturated heterocycles. The van der Waals surface area contributed by atoms with Crippen LogP contribution in [0.15, 0.2) is 0 Å². The molecule has 0 aliphatic rings. The van der Waals surface area contributed by atoms with Crippen LogP contribution in [0.5, 0.6) is 0 Å². The zero-order chi connectivity index (χ0) is 7.65. The second-order valence-corrected chi connectivity index (χ2v) is 3.23. The Morgan fingerprint density at radius 3 is 1.89 bits per heavy atom. The Kier molecular flexibility index (Phi) is 2.16. The summed E-state index contributed by atoms with van der Waals surface area (Å²) in [5.41, 5.74) is 0. The number of aliphatic carboxylic acids is 1. The Bertz CT molecular complexity index is 202. The number of carboxylic acids is 1. The Hall–Kier alpha value is -0.620. The molecule has 0 aromatic heterocycles. The van der Waals surface area contributed by atoms with E-state index in [2.05, 4.69) is 0 Å². The Labute approximate surface area is 52.1 Å². The van der Waals surface area contributed by atoms with Gasteiger partial charge in [0.2, 0.25) is 0 Å². The summed E-state index contributed by atoms with van der Waals surface area (Å²) < 4.78 is 27.9. The summed E-state index contributed by atoms with van der Waals surface area (Å²) in [5, 5.41) is 6.24. The summed E-state index contributed by atoms with van der Waals surface area (Å²) in [6, 6.07) is 0. The lowest BCUT2D eigenvalue weighted by Crippen LogP contribution is -2.25. The van der Waals surface area contributed by atoms with Crippen LogP contribution < -0.4 is 0 Å². The maximum absolute atomic E-state index is 9.95. The van der Waals surface area contributed by atoms with Gasteiger partial charge in [0.05, 0.1) is 0 Å². The van der Waals surface area contributed by atoms with Gasteiger partial charge < -0.3 is 5.11 Å². The number of carboxylic acid groups (broad SMARTS) is 1. The first-order valence-electron chi connectivity index (χ1n) is 2.05. The molecule has 9 heavy (non-hydrogen) atoms. The minimum Gasteiger partial charge on any atom is -0.480 e. The van der Waals surface area contributed by atoms with Crippen LogP contribution in [0.3, 0.4) is 0 Å². The van der Waals surface area contributed by atoms with Crippen LogP contribution in [0.2, 0.25) is 0 Å². The highest BCUT2D eigenvalue weighted by molar-refractivity contribution is 7.87. The molecule has 2 N–H and O–H groups in total. The molecule has 0 aromatic carbocycles. The van der Waals surface area contributed by atoms with Crippen LogP contribution in [-0.2, 0) is 14.9 Å². The maximum atomic E-state index is 9.95. The SMILES string of the molecule is C[C@H](C(=O)O)S(=O)(=O)O. The van der Waals surface area contributed by atoms with Gasteiger partial charge in [-0.1, -0.05) is 0 Å². The van der Waals surface area contributed by atoms with E-state index in [4.69, 9.17) is 9.66 Å². The van der Waals surface area contributed by atoms with Gasteiger partial charge >= 0.3 is 5.97 Å². The van der Waals surface area contributed by atoms with Gasteiger partial charge in [-0.05, 0) is 6.92 Å². The molecule has 1 atom stereocenters. The number of hydrogen-bond acceptors (Lipinski definition) is 3. The molecule has 0 aliphatic carbocycles. The summed E-state index contributed by atoms with van der Waals surface area (Å²) in [7, 11) is -4.40.